The number of aryl methyl sites for hydroxylation is 1. The minimum atomic E-state index is -4.41. The topological polar surface area (TPSA) is 59.2 Å². The summed E-state index contributed by atoms with van der Waals surface area (Å²) >= 11 is 6.06. The van der Waals surface area contributed by atoms with Gasteiger partial charge in [-0.05, 0) is 48.9 Å². The van der Waals surface area contributed by atoms with Crippen molar-refractivity contribution in [1.82, 2.24) is 10.1 Å². The molecule has 1 atom stereocenters. The smallest absolute Gasteiger partial charge is 0.334 e. The van der Waals surface area contributed by atoms with Crippen molar-refractivity contribution in [3.05, 3.63) is 64.4 Å². The molecule has 1 fully saturated rings. The van der Waals surface area contributed by atoms with Crippen LogP contribution in [0.1, 0.15) is 29.3 Å². The summed E-state index contributed by atoms with van der Waals surface area (Å²) in [5, 5.41) is 4.47. The maximum absolute atomic E-state index is 12.7. The third kappa shape index (κ3) is 3.85. The SMILES string of the molecule is Cc1ccc(Cl)cc1N1CC(c2noc(-c3ccc(C(F)(F)F)cc3)n2)CC1=O. The van der Waals surface area contributed by atoms with Crippen LogP contribution in [-0.4, -0.2) is 22.6 Å². The molecular formula is C20H15ClF3N3O2. The predicted molar refractivity (Wildman–Crippen MR) is 101 cm³/mol. The summed E-state index contributed by atoms with van der Waals surface area (Å²) in [6.45, 7) is 2.26. The van der Waals surface area contributed by atoms with Crippen LogP contribution in [0.2, 0.25) is 5.02 Å². The minimum Gasteiger partial charge on any atom is -0.334 e. The van der Waals surface area contributed by atoms with Crippen molar-refractivity contribution in [3.8, 4) is 11.5 Å². The maximum atomic E-state index is 12.7. The molecule has 3 aromatic rings. The number of anilines is 1. The fourth-order valence-corrected chi connectivity index (χ4v) is 3.47. The van der Waals surface area contributed by atoms with Crippen LogP contribution in [0.15, 0.2) is 47.0 Å². The van der Waals surface area contributed by atoms with Gasteiger partial charge in [0.2, 0.25) is 5.91 Å². The van der Waals surface area contributed by atoms with Crippen LogP contribution in [0.25, 0.3) is 11.5 Å². The molecule has 1 amide bonds. The number of nitrogens with zero attached hydrogens (tertiary/aromatic N) is 3. The molecule has 0 radical (unpaired) electrons. The Hall–Kier alpha value is -2.87. The van der Waals surface area contributed by atoms with E-state index >= 15 is 0 Å². The Balaban J connectivity index is 1.54. The second-order valence-electron chi connectivity index (χ2n) is 6.87. The van der Waals surface area contributed by atoms with E-state index in [9.17, 15) is 18.0 Å². The van der Waals surface area contributed by atoms with Crippen molar-refractivity contribution in [2.75, 3.05) is 11.4 Å². The van der Waals surface area contributed by atoms with Crippen LogP contribution in [0.5, 0.6) is 0 Å². The molecule has 29 heavy (non-hydrogen) atoms. The molecule has 1 aliphatic rings. The molecule has 5 nitrogen and oxygen atoms in total. The van der Waals surface area contributed by atoms with Gasteiger partial charge in [0.1, 0.15) is 0 Å². The average molecular weight is 422 g/mol. The van der Waals surface area contributed by atoms with Gasteiger partial charge in [-0.1, -0.05) is 22.8 Å². The number of alkyl halides is 3. The first-order valence-electron chi connectivity index (χ1n) is 8.80. The van der Waals surface area contributed by atoms with E-state index in [4.69, 9.17) is 16.1 Å². The van der Waals surface area contributed by atoms with Crippen molar-refractivity contribution in [1.29, 1.82) is 0 Å². The first-order valence-corrected chi connectivity index (χ1v) is 9.18. The van der Waals surface area contributed by atoms with Crippen LogP contribution in [-0.2, 0) is 11.0 Å². The van der Waals surface area contributed by atoms with E-state index in [0.29, 0.717) is 23.0 Å². The molecule has 0 aliphatic carbocycles. The zero-order chi connectivity index (χ0) is 20.8. The molecule has 2 heterocycles. The number of amides is 1. The predicted octanol–water partition coefficient (Wildman–Crippen LogP) is 5.24. The lowest BCUT2D eigenvalue weighted by Crippen LogP contribution is -2.25. The van der Waals surface area contributed by atoms with Crippen LogP contribution in [0.3, 0.4) is 0 Å². The number of hydrogen-bond acceptors (Lipinski definition) is 4. The molecule has 0 saturated carbocycles. The Morgan fingerprint density at radius 1 is 1.17 bits per heavy atom. The third-order valence-corrected chi connectivity index (χ3v) is 5.09. The standard InChI is InChI=1S/C20H15ClF3N3O2/c1-11-2-7-15(21)9-16(11)27-10-13(8-17(27)28)18-25-19(29-26-18)12-3-5-14(6-4-12)20(22,23)24/h2-7,9,13H,8,10H2,1H3. The van der Waals surface area contributed by atoms with E-state index in [-0.39, 0.29) is 24.1 Å². The Kier molecular flexibility index (Phi) is 4.82. The number of aromatic nitrogens is 2. The summed E-state index contributed by atoms with van der Waals surface area (Å²) < 4.78 is 43.3. The second kappa shape index (κ2) is 7.18. The molecule has 2 aromatic carbocycles. The average Bonchev–Trinajstić information content (AvgIpc) is 3.30. The fourth-order valence-electron chi connectivity index (χ4n) is 3.31. The quantitative estimate of drug-likeness (QED) is 0.580. The number of hydrogen-bond donors (Lipinski definition) is 0. The minimum absolute atomic E-state index is 0.0822. The van der Waals surface area contributed by atoms with Crippen LogP contribution < -0.4 is 4.90 Å². The van der Waals surface area contributed by atoms with Gasteiger partial charge in [0.25, 0.3) is 5.89 Å². The Morgan fingerprint density at radius 3 is 2.59 bits per heavy atom. The van der Waals surface area contributed by atoms with Gasteiger partial charge in [-0.25, -0.2) is 0 Å². The zero-order valence-electron chi connectivity index (χ0n) is 15.2. The highest BCUT2D eigenvalue weighted by Crippen LogP contribution is 2.35. The number of halogens is 4. The van der Waals surface area contributed by atoms with Gasteiger partial charge in [0.15, 0.2) is 5.82 Å². The summed E-state index contributed by atoms with van der Waals surface area (Å²) in [5.74, 6) is 0.0862. The van der Waals surface area contributed by atoms with Crippen molar-refractivity contribution in [3.63, 3.8) is 0 Å². The van der Waals surface area contributed by atoms with Gasteiger partial charge < -0.3 is 9.42 Å². The summed E-state index contributed by atoms with van der Waals surface area (Å²) in [7, 11) is 0. The van der Waals surface area contributed by atoms with Crippen LogP contribution >= 0.6 is 11.6 Å². The number of benzene rings is 2. The number of carbonyl (C=O) groups excluding carboxylic acids is 1. The van der Waals surface area contributed by atoms with Gasteiger partial charge in [0, 0.05) is 35.2 Å². The molecule has 0 N–H and O–H groups in total. The van der Waals surface area contributed by atoms with Crippen molar-refractivity contribution in [2.24, 2.45) is 0 Å². The molecule has 1 unspecified atom stereocenters. The molecule has 1 aliphatic heterocycles. The number of carbonyl (C=O) groups is 1. The van der Waals surface area contributed by atoms with Crippen LogP contribution in [0, 0.1) is 6.92 Å². The van der Waals surface area contributed by atoms with Crippen molar-refractivity contribution in [2.45, 2.75) is 25.4 Å². The van der Waals surface area contributed by atoms with Crippen molar-refractivity contribution >= 4 is 23.2 Å². The molecule has 0 spiro atoms. The van der Waals surface area contributed by atoms with Gasteiger partial charge in [-0.3, -0.25) is 4.79 Å². The van der Waals surface area contributed by atoms with E-state index in [0.717, 1.165) is 23.4 Å². The lowest BCUT2D eigenvalue weighted by molar-refractivity contribution is -0.137. The summed E-state index contributed by atoms with van der Waals surface area (Å²) in [6.07, 6.45) is -4.21. The molecule has 150 valence electrons. The summed E-state index contributed by atoms with van der Waals surface area (Å²) in [4.78, 5) is 18.5. The van der Waals surface area contributed by atoms with Gasteiger partial charge in [0.05, 0.1) is 5.56 Å². The highest BCUT2D eigenvalue weighted by molar-refractivity contribution is 6.31. The maximum Gasteiger partial charge on any atom is 0.416 e. The lowest BCUT2D eigenvalue weighted by atomic mass is 10.1. The summed E-state index contributed by atoms with van der Waals surface area (Å²) in [5.41, 5.74) is 1.27. The lowest BCUT2D eigenvalue weighted by Gasteiger charge is -2.19. The second-order valence-corrected chi connectivity index (χ2v) is 7.31. The van der Waals surface area contributed by atoms with Crippen LogP contribution in [0.4, 0.5) is 18.9 Å². The Labute approximate surface area is 169 Å². The van der Waals surface area contributed by atoms with E-state index in [2.05, 4.69) is 10.1 Å². The van der Waals surface area contributed by atoms with E-state index in [1.807, 2.05) is 13.0 Å². The molecular weight excluding hydrogens is 407 g/mol. The highest BCUT2D eigenvalue weighted by Gasteiger charge is 2.35. The van der Waals surface area contributed by atoms with Crippen molar-refractivity contribution < 1.29 is 22.5 Å². The monoisotopic (exact) mass is 421 g/mol. The molecule has 0 bridgehead atoms. The first kappa shape index (κ1) is 19.4. The molecule has 1 saturated heterocycles. The van der Waals surface area contributed by atoms with Gasteiger partial charge in [-0.2, -0.15) is 18.2 Å². The Bertz CT molecular complexity index is 1060. The molecule has 9 heteroatoms. The Morgan fingerprint density at radius 2 is 1.90 bits per heavy atom. The van der Waals surface area contributed by atoms with E-state index < -0.39 is 11.7 Å². The largest absolute Gasteiger partial charge is 0.416 e. The fraction of sp³-hybridized carbons (Fsp3) is 0.250. The first-order chi connectivity index (χ1) is 13.7. The normalized spacial score (nSPS) is 17.2. The number of rotatable bonds is 3. The third-order valence-electron chi connectivity index (χ3n) is 4.85. The molecule has 4 rings (SSSR count). The zero-order valence-corrected chi connectivity index (χ0v) is 16.0. The van der Waals surface area contributed by atoms with E-state index in [1.165, 1.54) is 12.1 Å². The van der Waals surface area contributed by atoms with E-state index in [1.54, 1.807) is 17.0 Å². The van der Waals surface area contributed by atoms with Gasteiger partial charge in [-0.15, -0.1) is 0 Å². The summed E-state index contributed by atoms with van der Waals surface area (Å²) in [6, 6.07) is 9.82. The highest BCUT2D eigenvalue weighted by atomic mass is 35.5. The molecule has 1 aromatic heterocycles. The van der Waals surface area contributed by atoms with Gasteiger partial charge >= 0.3 is 6.18 Å².